The molecule has 7 rings (SSSR count). The van der Waals surface area contributed by atoms with Crippen LogP contribution in [-0.2, 0) is 6.42 Å². The SMILES string of the molecule is CC1=NNC(C)=C([N+]2=C(C(C)c3ccccc3)c3ccccc3CC2)C1=C1c2ccccc2-c2ccccc21. The lowest BCUT2D eigenvalue weighted by Crippen LogP contribution is -2.37. The van der Waals surface area contributed by atoms with Gasteiger partial charge in [0.2, 0.25) is 5.70 Å². The zero-order valence-electron chi connectivity index (χ0n) is 22.7. The smallest absolute Gasteiger partial charge is 0.236 e. The Morgan fingerprint density at radius 2 is 1.23 bits per heavy atom. The van der Waals surface area contributed by atoms with E-state index in [0.717, 1.165) is 24.4 Å². The predicted molar refractivity (Wildman–Crippen MR) is 161 cm³/mol. The zero-order chi connectivity index (χ0) is 26.5. The van der Waals surface area contributed by atoms with E-state index in [1.807, 2.05) is 0 Å². The third kappa shape index (κ3) is 3.72. The molecule has 3 nitrogen and oxygen atoms in total. The Kier molecular flexibility index (Phi) is 5.66. The van der Waals surface area contributed by atoms with Gasteiger partial charge in [-0.3, -0.25) is 5.43 Å². The van der Waals surface area contributed by atoms with Crippen LogP contribution in [0.3, 0.4) is 0 Å². The lowest BCUT2D eigenvalue weighted by Gasteiger charge is -2.27. The van der Waals surface area contributed by atoms with Gasteiger partial charge in [0.25, 0.3) is 0 Å². The van der Waals surface area contributed by atoms with Crippen LogP contribution < -0.4 is 5.43 Å². The second-order valence-electron chi connectivity index (χ2n) is 10.7. The highest BCUT2D eigenvalue weighted by atomic mass is 15.3. The largest absolute Gasteiger partial charge is 0.276 e. The van der Waals surface area contributed by atoms with Gasteiger partial charge in [-0.25, -0.2) is 0 Å². The molecule has 1 aliphatic carbocycles. The summed E-state index contributed by atoms with van der Waals surface area (Å²) in [6.45, 7) is 7.58. The first kappa shape index (κ1) is 23.6. The van der Waals surface area contributed by atoms with E-state index >= 15 is 0 Å². The molecule has 0 aromatic heterocycles. The number of hydrogen-bond acceptors (Lipinski definition) is 2. The fourth-order valence-corrected chi connectivity index (χ4v) is 6.64. The van der Waals surface area contributed by atoms with Gasteiger partial charge in [-0.05, 0) is 60.2 Å². The molecule has 0 fully saturated rings. The molecule has 0 bridgehead atoms. The van der Waals surface area contributed by atoms with Crippen LogP contribution in [0.5, 0.6) is 0 Å². The Morgan fingerprint density at radius 1 is 0.667 bits per heavy atom. The van der Waals surface area contributed by atoms with E-state index in [1.54, 1.807) is 0 Å². The van der Waals surface area contributed by atoms with Crippen molar-refractivity contribution < 1.29 is 4.58 Å². The molecule has 4 aromatic carbocycles. The minimum absolute atomic E-state index is 0.224. The summed E-state index contributed by atoms with van der Waals surface area (Å²) in [6, 6.07) is 37.5. The van der Waals surface area contributed by atoms with Crippen molar-refractivity contribution in [1.29, 1.82) is 0 Å². The molecule has 1 unspecified atom stereocenters. The van der Waals surface area contributed by atoms with Crippen LogP contribution in [-0.4, -0.2) is 22.5 Å². The van der Waals surface area contributed by atoms with Gasteiger partial charge >= 0.3 is 0 Å². The Morgan fingerprint density at radius 3 is 1.90 bits per heavy atom. The molecule has 0 saturated heterocycles. The highest BCUT2D eigenvalue weighted by molar-refractivity contribution is 6.16. The third-order valence-corrected chi connectivity index (χ3v) is 8.45. The van der Waals surface area contributed by atoms with E-state index < -0.39 is 0 Å². The van der Waals surface area contributed by atoms with Crippen LogP contribution in [0.25, 0.3) is 16.7 Å². The van der Waals surface area contributed by atoms with Crippen LogP contribution in [0.2, 0.25) is 0 Å². The lowest BCUT2D eigenvalue weighted by atomic mass is 9.84. The maximum atomic E-state index is 4.82. The number of hydrogen-bond donors (Lipinski definition) is 1. The van der Waals surface area contributed by atoms with Gasteiger partial charge in [0.05, 0.1) is 17.2 Å². The minimum Gasteiger partial charge on any atom is -0.276 e. The summed E-state index contributed by atoms with van der Waals surface area (Å²) in [5.74, 6) is 0.224. The van der Waals surface area contributed by atoms with Gasteiger partial charge in [-0.2, -0.15) is 9.68 Å². The number of fused-ring (bicyclic) bond motifs is 4. The number of rotatable bonds is 3. The van der Waals surface area contributed by atoms with Crippen molar-refractivity contribution in [2.45, 2.75) is 33.1 Å². The van der Waals surface area contributed by atoms with Gasteiger partial charge in [0.1, 0.15) is 5.70 Å². The molecule has 190 valence electrons. The second-order valence-corrected chi connectivity index (χ2v) is 10.7. The number of benzene rings is 4. The third-order valence-electron chi connectivity index (χ3n) is 8.45. The van der Waals surface area contributed by atoms with E-state index in [-0.39, 0.29) is 5.92 Å². The van der Waals surface area contributed by atoms with Gasteiger partial charge in [0.15, 0.2) is 12.3 Å². The first-order chi connectivity index (χ1) is 19.1. The molecule has 0 spiro atoms. The molecule has 3 heteroatoms. The molecule has 2 heterocycles. The van der Waals surface area contributed by atoms with Gasteiger partial charge < -0.3 is 0 Å². The molecule has 4 aromatic rings. The molecule has 2 aliphatic heterocycles. The van der Waals surface area contributed by atoms with Crippen LogP contribution in [0.4, 0.5) is 0 Å². The van der Waals surface area contributed by atoms with Crippen molar-refractivity contribution in [2.75, 3.05) is 6.54 Å². The van der Waals surface area contributed by atoms with Crippen LogP contribution in [0, 0.1) is 0 Å². The van der Waals surface area contributed by atoms with E-state index in [1.165, 1.54) is 61.5 Å². The monoisotopic (exact) mass is 506 g/mol. The first-order valence-corrected chi connectivity index (χ1v) is 13.9. The van der Waals surface area contributed by atoms with Crippen molar-refractivity contribution >= 4 is 17.0 Å². The second kappa shape index (κ2) is 9.36. The molecule has 0 radical (unpaired) electrons. The average molecular weight is 507 g/mol. The van der Waals surface area contributed by atoms with Crippen molar-refractivity contribution in [3.8, 4) is 11.1 Å². The minimum atomic E-state index is 0.224. The van der Waals surface area contributed by atoms with Gasteiger partial charge in [0, 0.05) is 17.6 Å². The summed E-state index contributed by atoms with van der Waals surface area (Å²) >= 11 is 0. The first-order valence-electron chi connectivity index (χ1n) is 13.9. The Bertz CT molecular complexity index is 1700. The number of hydrazone groups is 1. The molecule has 39 heavy (non-hydrogen) atoms. The Balaban J connectivity index is 1.55. The fraction of sp³-hybridized carbons (Fsp3) is 0.167. The molecular weight excluding hydrogens is 474 g/mol. The molecule has 1 N–H and O–H groups in total. The topological polar surface area (TPSA) is 27.4 Å². The molecule has 0 amide bonds. The van der Waals surface area contributed by atoms with E-state index in [4.69, 9.17) is 5.10 Å². The normalized spacial score (nSPS) is 16.8. The number of allylic oxidation sites excluding steroid dienone is 2. The maximum absolute atomic E-state index is 4.82. The lowest BCUT2D eigenvalue weighted by molar-refractivity contribution is -0.476. The highest BCUT2D eigenvalue weighted by Crippen LogP contribution is 2.47. The predicted octanol–water partition coefficient (Wildman–Crippen LogP) is 7.54. The van der Waals surface area contributed by atoms with Crippen LogP contribution in [0.15, 0.2) is 125 Å². The van der Waals surface area contributed by atoms with Gasteiger partial charge in [-0.15, -0.1) is 0 Å². The Labute approximate surface area is 230 Å². The molecule has 3 aliphatic rings. The van der Waals surface area contributed by atoms with E-state index in [2.05, 4.69) is 134 Å². The standard InChI is InChI=1S/C36H32N3/c1-23(26-13-5-4-6-14-26)35-28-16-8-7-15-27(28)21-22-39(35)36-25(3)38-37-24(2)33(36)34-31-19-11-9-17-29(31)30-18-10-12-20-32(30)34/h4-20,23,38H,21-22H2,1-3H3/q+1. The summed E-state index contributed by atoms with van der Waals surface area (Å²) in [6.07, 6.45) is 1.00. The highest BCUT2D eigenvalue weighted by Gasteiger charge is 2.40. The fourth-order valence-electron chi connectivity index (χ4n) is 6.64. The summed E-state index contributed by atoms with van der Waals surface area (Å²) in [5.41, 5.74) is 19.8. The van der Waals surface area contributed by atoms with Gasteiger partial charge in [-0.1, -0.05) is 97.1 Å². The van der Waals surface area contributed by atoms with Crippen molar-refractivity contribution in [2.24, 2.45) is 5.10 Å². The van der Waals surface area contributed by atoms with E-state index in [9.17, 15) is 0 Å². The van der Waals surface area contributed by atoms with Crippen LogP contribution in [0.1, 0.15) is 54.5 Å². The van der Waals surface area contributed by atoms with Crippen molar-refractivity contribution in [3.05, 3.63) is 148 Å². The Hall–Kier alpha value is -4.50. The van der Waals surface area contributed by atoms with Crippen molar-refractivity contribution in [3.63, 3.8) is 0 Å². The summed E-state index contributed by atoms with van der Waals surface area (Å²) in [4.78, 5) is 0. The number of nitrogens with one attached hydrogen (secondary N) is 1. The van der Waals surface area contributed by atoms with E-state index in [0.29, 0.717) is 0 Å². The average Bonchev–Trinajstić information content (AvgIpc) is 3.32. The zero-order valence-corrected chi connectivity index (χ0v) is 22.7. The summed E-state index contributed by atoms with van der Waals surface area (Å²) < 4.78 is 2.59. The molecular formula is C36H32N3+. The summed E-state index contributed by atoms with van der Waals surface area (Å²) in [7, 11) is 0. The quantitative estimate of drug-likeness (QED) is 0.252. The van der Waals surface area contributed by atoms with Crippen LogP contribution >= 0.6 is 0 Å². The summed E-state index contributed by atoms with van der Waals surface area (Å²) in [5, 5.41) is 4.82. The maximum Gasteiger partial charge on any atom is 0.236 e. The van der Waals surface area contributed by atoms with Crippen molar-refractivity contribution in [1.82, 2.24) is 5.43 Å². The number of nitrogens with zero attached hydrogens (tertiary/aromatic N) is 2. The molecule has 1 atom stereocenters. The molecule has 0 saturated carbocycles.